The molecule has 2 unspecified atom stereocenters. The Hall–Kier alpha value is -1.11. The van der Waals surface area contributed by atoms with E-state index < -0.39 is 24.1 Å². The van der Waals surface area contributed by atoms with Crippen LogP contribution < -0.4 is 5.73 Å². The Morgan fingerprint density at radius 2 is 2.40 bits per heavy atom. The number of rotatable bonds is 2. The number of carboxylic acid groups (broad SMARTS) is 1. The zero-order valence-electron chi connectivity index (χ0n) is 7.64. The molecule has 7 heteroatoms. The van der Waals surface area contributed by atoms with Crippen LogP contribution in [0.1, 0.15) is 0 Å². The smallest absolute Gasteiger partial charge is 0.352 e. The van der Waals surface area contributed by atoms with Crippen LogP contribution in [-0.2, 0) is 14.3 Å². The van der Waals surface area contributed by atoms with Crippen molar-refractivity contribution >= 4 is 23.5 Å². The Labute approximate surface area is 90.2 Å². The number of nitrogens with zero attached hydrogens (tertiary/aromatic N) is 1. The van der Waals surface area contributed by atoms with Gasteiger partial charge in [0.15, 0.2) is 6.23 Å². The fourth-order valence-corrected chi connectivity index (χ4v) is 1.89. The number of β-lactam (4-membered cyclic amide) rings is 1. The second-order valence-corrected chi connectivity index (χ2v) is 3.59. The molecule has 1 fully saturated rings. The van der Waals surface area contributed by atoms with Crippen molar-refractivity contribution in [3.8, 4) is 0 Å². The van der Waals surface area contributed by atoms with Crippen LogP contribution in [-0.4, -0.2) is 46.6 Å². The summed E-state index contributed by atoms with van der Waals surface area (Å²) in [6, 6.07) is -0.767. The molecule has 0 bridgehead atoms. The Kier molecular flexibility index (Phi) is 2.41. The van der Waals surface area contributed by atoms with Crippen LogP contribution in [0, 0.1) is 0 Å². The summed E-state index contributed by atoms with van der Waals surface area (Å²) < 4.78 is 5.22. The van der Waals surface area contributed by atoms with E-state index in [0.717, 1.165) is 4.90 Å². The third-order valence-corrected chi connectivity index (χ3v) is 2.77. The maximum Gasteiger partial charge on any atom is 0.352 e. The summed E-state index contributed by atoms with van der Waals surface area (Å²) in [6.07, 6.45) is -0.657. The van der Waals surface area contributed by atoms with Crippen molar-refractivity contribution in [2.75, 3.05) is 12.5 Å². The topological polar surface area (TPSA) is 92.9 Å². The fraction of sp³-hybridized carbons (Fsp3) is 0.500. The number of ether oxygens (including phenoxy) is 1. The molecular formula is C8H9ClN2O4. The van der Waals surface area contributed by atoms with Gasteiger partial charge in [-0.2, -0.15) is 0 Å². The minimum absolute atomic E-state index is 0.0212. The second-order valence-electron chi connectivity index (χ2n) is 3.33. The highest BCUT2D eigenvalue weighted by molar-refractivity contribution is 6.20. The average Bonchev–Trinajstić information content (AvgIpc) is 2.25. The van der Waals surface area contributed by atoms with Crippen molar-refractivity contribution in [1.82, 2.24) is 4.90 Å². The van der Waals surface area contributed by atoms with E-state index in [1.165, 1.54) is 0 Å². The van der Waals surface area contributed by atoms with Crippen molar-refractivity contribution in [1.29, 1.82) is 0 Å². The number of aliphatic carboxylic acids is 1. The maximum atomic E-state index is 11.4. The number of halogens is 1. The number of carbonyl (C=O) groups excluding carboxylic acids is 1. The van der Waals surface area contributed by atoms with E-state index in [-0.39, 0.29) is 18.2 Å². The highest BCUT2D eigenvalue weighted by atomic mass is 35.5. The lowest BCUT2D eigenvalue weighted by atomic mass is 10.0. The predicted molar refractivity (Wildman–Crippen MR) is 49.9 cm³/mol. The van der Waals surface area contributed by atoms with Gasteiger partial charge < -0.3 is 15.6 Å². The first-order valence-electron chi connectivity index (χ1n) is 4.29. The molecule has 3 N–H and O–H groups in total. The highest BCUT2D eigenvalue weighted by Gasteiger charge is 2.52. The SMILES string of the molecule is NC1C(=O)N2C(C(=O)O)=C(CCl)COC12. The van der Waals surface area contributed by atoms with Crippen molar-refractivity contribution in [3.63, 3.8) is 0 Å². The Morgan fingerprint density at radius 3 is 2.93 bits per heavy atom. The molecule has 0 aromatic rings. The molecule has 0 aromatic carbocycles. The Bertz CT molecular complexity index is 368. The number of nitrogens with two attached hydrogens (primary N) is 1. The van der Waals surface area contributed by atoms with Crippen LogP contribution in [0.15, 0.2) is 11.3 Å². The van der Waals surface area contributed by atoms with E-state index in [2.05, 4.69) is 0 Å². The number of carbonyl (C=O) groups is 2. The normalized spacial score (nSPS) is 30.0. The first-order chi connectivity index (χ1) is 7.07. The molecule has 82 valence electrons. The zero-order valence-corrected chi connectivity index (χ0v) is 8.40. The van der Waals surface area contributed by atoms with Crippen LogP contribution in [0.4, 0.5) is 0 Å². The first-order valence-corrected chi connectivity index (χ1v) is 4.83. The lowest BCUT2D eigenvalue weighted by molar-refractivity contribution is -0.180. The molecule has 0 aromatic heterocycles. The van der Waals surface area contributed by atoms with Gasteiger partial charge in [0.1, 0.15) is 11.7 Å². The van der Waals surface area contributed by atoms with Gasteiger partial charge in [0.25, 0.3) is 5.91 Å². The van der Waals surface area contributed by atoms with E-state index in [9.17, 15) is 9.59 Å². The summed E-state index contributed by atoms with van der Waals surface area (Å²) in [7, 11) is 0. The molecule has 0 spiro atoms. The fourth-order valence-electron chi connectivity index (χ4n) is 1.68. The number of hydrogen-bond acceptors (Lipinski definition) is 4. The van der Waals surface area contributed by atoms with Gasteiger partial charge in [-0.05, 0) is 0 Å². The van der Waals surface area contributed by atoms with Crippen molar-refractivity contribution in [2.24, 2.45) is 5.73 Å². The molecule has 2 aliphatic rings. The van der Waals surface area contributed by atoms with Gasteiger partial charge in [-0.3, -0.25) is 9.69 Å². The van der Waals surface area contributed by atoms with E-state index >= 15 is 0 Å². The van der Waals surface area contributed by atoms with Gasteiger partial charge in [0, 0.05) is 11.5 Å². The third kappa shape index (κ3) is 1.33. The molecule has 2 atom stereocenters. The lowest BCUT2D eigenvalue weighted by Crippen LogP contribution is -2.71. The van der Waals surface area contributed by atoms with Crippen LogP contribution in [0.3, 0.4) is 0 Å². The van der Waals surface area contributed by atoms with Crippen molar-refractivity contribution in [2.45, 2.75) is 12.3 Å². The molecule has 0 radical (unpaired) electrons. The number of alkyl halides is 1. The monoisotopic (exact) mass is 232 g/mol. The molecule has 0 saturated carbocycles. The van der Waals surface area contributed by atoms with Crippen LogP contribution >= 0.6 is 11.6 Å². The molecule has 2 aliphatic heterocycles. The van der Waals surface area contributed by atoms with Crippen LogP contribution in [0.5, 0.6) is 0 Å². The van der Waals surface area contributed by atoms with E-state index in [1.54, 1.807) is 0 Å². The number of hydrogen-bond donors (Lipinski definition) is 2. The summed E-state index contributed by atoms with van der Waals surface area (Å²) in [4.78, 5) is 23.4. The van der Waals surface area contributed by atoms with Gasteiger partial charge in [0.05, 0.1) is 6.61 Å². The largest absolute Gasteiger partial charge is 0.477 e. The quantitative estimate of drug-likeness (QED) is 0.475. The number of carboxylic acids is 1. The third-order valence-electron chi connectivity index (χ3n) is 2.45. The minimum Gasteiger partial charge on any atom is -0.477 e. The zero-order chi connectivity index (χ0) is 11.2. The highest BCUT2D eigenvalue weighted by Crippen LogP contribution is 2.31. The minimum atomic E-state index is -1.18. The molecule has 0 aliphatic carbocycles. The van der Waals surface area contributed by atoms with Gasteiger partial charge in [-0.1, -0.05) is 0 Å². The average molecular weight is 233 g/mol. The molecular weight excluding hydrogens is 224 g/mol. The number of fused-ring (bicyclic) bond motifs is 1. The number of amides is 1. The van der Waals surface area contributed by atoms with E-state index in [1.807, 2.05) is 0 Å². The van der Waals surface area contributed by atoms with Crippen LogP contribution in [0.25, 0.3) is 0 Å². The maximum absolute atomic E-state index is 11.4. The van der Waals surface area contributed by atoms with Crippen molar-refractivity contribution in [3.05, 3.63) is 11.3 Å². The summed E-state index contributed by atoms with van der Waals surface area (Å²) in [6.45, 7) is 0.104. The first kappa shape index (κ1) is 10.4. The summed E-state index contributed by atoms with van der Waals surface area (Å²) >= 11 is 5.57. The standard InChI is InChI=1S/C8H9ClN2O4/c9-1-3-2-15-7-4(10)6(12)11(7)5(3)8(13)14/h4,7H,1-2,10H2,(H,13,14). The summed E-state index contributed by atoms with van der Waals surface area (Å²) in [5.74, 6) is -1.60. The van der Waals surface area contributed by atoms with E-state index in [4.69, 9.17) is 27.2 Å². The van der Waals surface area contributed by atoms with Gasteiger partial charge in [0.2, 0.25) is 0 Å². The molecule has 15 heavy (non-hydrogen) atoms. The van der Waals surface area contributed by atoms with Gasteiger partial charge in [-0.15, -0.1) is 11.6 Å². The molecule has 6 nitrogen and oxygen atoms in total. The van der Waals surface area contributed by atoms with Gasteiger partial charge in [-0.25, -0.2) is 4.79 Å². The summed E-state index contributed by atoms with van der Waals surface area (Å²) in [5, 5.41) is 8.96. The molecule has 2 heterocycles. The van der Waals surface area contributed by atoms with E-state index in [0.29, 0.717) is 5.57 Å². The van der Waals surface area contributed by atoms with Crippen molar-refractivity contribution < 1.29 is 19.4 Å². The molecule has 2 rings (SSSR count). The molecule has 1 amide bonds. The lowest BCUT2D eigenvalue weighted by Gasteiger charge is -2.47. The molecule has 1 saturated heterocycles. The summed E-state index contributed by atoms with van der Waals surface area (Å²) in [5.41, 5.74) is 5.76. The predicted octanol–water partition coefficient (Wildman–Crippen LogP) is -0.910. The van der Waals surface area contributed by atoms with Crippen LogP contribution in [0.2, 0.25) is 0 Å². The Morgan fingerprint density at radius 1 is 1.73 bits per heavy atom. The Balaban J connectivity index is 2.38. The second kappa shape index (κ2) is 3.48. The van der Waals surface area contributed by atoms with Gasteiger partial charge >= 0.3 is 5.97 Å².